The maximum atomic E-state index is 13.5. The zero-order chi connectivity index (χ0) is 30.4. The fourth-order valence-corrected chi connectivity index (χ4v) is 4.54. The molecule has 3 rings (SSSR count). The Balaban J connectivity index is 2.34. The summed E-state index contributed by atoms with van der Waals surface area (Å²) in [6.07, 6.45) is -0.170. The van der Waals surface area contributed by atoms with Crippen molar-refractivity contribution in [1.82, 2.24) is 24.0 Å². The van der Waals surface area contributed by atoms with Crippen molar-refractivity contribution in [2.75, 3.05) is 6.61 Å². The van der Waals surface area contributed by atoms with Crippen LogP contribution in [0.25, 0.3) is 22.6 Å². The molecule has 3 aromatic rings. The van der Waals surface area contributed by atoms with Crippen molar-refractivity contribution in [3.63, 3.8) is 0 Å². The molecule has 0 spiro atoms. The Hall–Kier alpha value is -4.46. The Morgan fingerprint density at radius 3 is 2.20 bits per heavy atom. The molecule has 0 saturated carbocycles. The van der Waals surface area contributed by atoms with E-state index in [2.05, 4.69) is 10.3 Å². The predicted molar refractivity (Wildman–Crippen MR) is 151 cm³/mol. The third-order valence-electron chi connectivity index (χ3n) is 6.29. The Labute approximate surface area is 235 Å². The van der Waals surface area contributed by atoms with Crippen LogP contribution in [-0.2, 0) is 27.5 Å². The van der Waals surface area contributed by atoms with Gasteiger partial charge in [-0.3, -0.25) is 28.1 Å². The van der Waals surface area contributed by atoms with E-state index in [1.54, 1.807) is 12.1 Å². The predicted octanol–water partition coefficient (Wildman–Crippen LogP) is 0.784. The molecule has 222 valence electrons. The van der Waals surface area contributed by atoms with Gasteiger partial charge in [-0.15, -0.1) is 0 Å². The minimum atomic E-state index is -1.55. The SMILES string of the molecule is CCCn1c(=O)c2nc(-c3ccc(OCC(=O)O)cc3)n(C(NC(=O)[C@@H](N)CC(C)C)C(N)=O)c2n(CCC)c1=O. The van der Waals surface area contributed by atoms with Gasteiger partial charge in [0.25, 0.3) is 11.5 Å². The number of carbonyl (C=O) groups is 3. The van der Waals surface area contributed by atoms with Gasteiger partial charge < -0.3 is 26.6 Å². The van der Waals surface area contributed by atoms with Crippen LogP contribution < -0.4 is 32.8 Å². The summed E-state index contributed by atoms with van der Waals surface area (Å²) in [7, 11) is 0. The molecule has 0 bridgehead atoms. The minimum absolute atomic E-state index is 0.0249. The first-order valence-electron chi connectivity index (χ1n) is 13.5. The summed E-state index contributed by atoms with van der Waals surface area (Å²) in [6, 6.07) is 5.14. The van der Waals surface area contributed by atoms with E-state index in [1.807, 2.05) is 27.7 Å². The van der Waals surface area contributed by atoms with Crippen LogP contribution >= 0.6 is 0 Å². The lowest BCUT2D eigenvalue weighted by atomic mass is 10.0. The molecule has 2 atom stereocenters. The number of benzene rings is 1. The molecule has 2 heterocycles. The van der Waals surface area contributed by atoms with Gasteiger partial charge in [0.05, 0.1) is 6.04 Å². The number of fused-ring (bicyclic) bond motifs is 1. The van der Waals surface area contributed by atoms with Gasteiger partial charge in [-0.2, -0.15) is 0 Å². The number of aliphatic carboxylic acids is 1. The van der Waals surface area contributed by atoms with Crippen LogP contribution in [-0.4, -0.2) is 54.2 Å². The zero-order valence-corrected chi connectivity index (χ0v) is 23.6. The normalized spacial score (nSPS) is 12.8. The highest BCUT2D eigenvalue weighted by Gasteiger charge is 2.31. The molecule has 0 aliphatic carbocycles. The molecule has 2 amide bonds. The maximum Gasteiger partial charge on any atom is 0.341 e. The largest absolute Gasteiger partial charge is 0.482 e. The monoisotopic (exact) mass is 571 g/mol. The third kappa shape index (κ3) is 6.82. The summed E-state index contributed by atoms with van der Waals surface area (Å²) >= 11 is 0. The van der Waals surface area contributed by atoms with E-state index in [1.165, 1.54) is 21.3 Å². The summed E-state index contributed by atoms with van der Waals surface area (Å²) in [5.41, 5.74) is 11.0. The molecule has 41 heavy (non-hydrogen) atoms. The summed E-state index contributed by atoms with van der Waals surface area (Å²) in [6.45, 7) is 7.28. The van der Waals surface area contributed by atoms with Crippen molar-refractivity contribution in [3.8, 4) is 17.1 Å². The van der Waals surface area contributed by atoms with E-state index >= 15 is 0 Å². The Morgan fingerprint density at radius 1 is 1.05 bits per heavy atom. The first-order valence-corrected chi connectivity index (χ1v) is 13.5. The maximum absolute atomic E-state index is 13.5. The van der Waals surface area contributed by atoms with Crippen molar-refractivity contribution in [3.05, 3.63) is 45.1 Å². The van der Waals surface area contributed by atoms with Gasteiger partial charge in [-0.1, -0.05) is 27.7 Å². The van der Waals surface area contributed by atoms with E-state index in [0.717, 1.165) is 4.57 Å². The molecule has 0 aliphatic rings. The smallest absolute Gasteiger partial charge is 0.341 e. The number of carbonyl (C=O) groups excluding carboxylic acids is 2. The molecule has 1 unspecified atom stereocenters. The zero-order valence-electron chi connectivity index (χ0n) is 23.6. The number of carboxylic acids is 1. The molecule has 6 N–H and O–H groups in total. The second kappa shape index (κ2) is 13.3. The Bertz CT molecular complexity index is 1540. The number of nitrogens with one attached hydrogen (secondary N) is 1. The van der Waals surface area contributed by atoms with Crippen molar-refractivity contribution in [1.29, 1.82) is 0 Å². The topological polar surface area (TPSA) is 207 Å². The van der Waals surface area contributed by atoms with E-state index in [0.29, 0.717) is 24.8 Å². The van der Waals surface area contributed by atoms with Crippen LogP contribution in [0.5, 0.6) is 5.75 Å². The van der Waals surface area contributed by atoms with Gasteiger partial charge in [0, 0.05) is 18.7 Å². The first kappa shape index (κ1) is 31.1. The van der Waals surface area contributed by atoms with Crippen molar-refractivity contribution < 1.29 is 24.2 Å². The molecule has 0 radical (unpaired) electrons. The molecule has 14 heteroatoms. The Kier molecular flexibility index (Phi) is 10.1. The lowest BCUT2D eigenvalue weighted by molar-refractivity contribution is -0.139. The van der Waals surface area contributed by atoms with Crippen LogP contribution in [0.4, 0.5) is 0 Å². The number of nitrogens with zero attached hydrogens (tertiary/aromatic N) is 4. The summed E-state index contributed by atoms with van der Waals surface area (Å²) in [5.74, 6) is -2.33. The lowest BCUT2D eigenvalue weighted by Gasteiger charge is -2.24. The van der Waals surface area contributed by atoms with Gasteiger partial charge in [0.1, 0.15) is 11.6 Å². The number of rotatable bonds is 14. The van der Waals surface area contributed by atoms with Crippen LogP contribution in [0, 0.1) is 5.92 Å². The molecule has 2 aromatic heterocycles. The molecule has 0 saturated heterocycles. The van der Waals surface area contributed by atoms with E-state index in [4.69, 9.17) is 21.3 Å². The summed E-state index contributed by atoms with van der Waals surface area (Å²) in [4.78, 5) is 68.4. The van der Waals surface area contributed by atoms with Crippen LogP contribution in [0.3, 0.4) is 0 Å². The lowest BCUT2D eigenvalue weighted by Crippen LogP contribution is -2.49. The second-order valence-corrected chi connectivity index (χ2v) is 10.1. The van der Waals surface area contributed by atoms with Crippen LogP contribution in [0.1, 0.15) is 53.1 Å². The molecule has 0 aliphatic heterocycles. The number of primary amides is 1. The Morgan fingerprint density at radius 2 is 1.66 bits per heavy atom. The number of carboxylic acid groups (broad SMARTS) is 1. The van der Waals surface area contributed by atoms with Crippen LogP contribution in [0.15, 0.2) is 33.9 Å². The van der Waals surface area contributed by atoms with Gasteiger partial charge >= 0.3 is 11.7 Å². The van der Waals surface area contributed by atoms with Gasteiger partial charge in [-0.25, -0.2) is 14.6 Å². The summed E-state index contributed by atoms with van der Waals surface area (Å²) in [5, 5.41) is 11.5. The standard InChI is InChI=1S/C27H37N7O7/c1-5-11-32-25-20(26(39)33(12-6-2)27(32)40)30-22(16-7-9-17(10-8-16)41-14-19(35)36)34(25)23(21(29)37)31-24(38)18(28)13-15(3)4/h7-10,15,18,23H,5-6,11-14,28H2,1-4H3,(H2,29,37)(H,31,38)(H,35,36)/t18-,23?/m0/s1. The molecular formula is C27H37N7O7. The van der Waals surface area contributed by atoms with E-state index in [-0.39, 0.29) is 41.7 Å². The number of imidazole rings is 1. The number of hydrogen-bond donors (Lipinski definition) is 4. The molecule has 1 aromatic carbocycles. The summed E-state index contributed by atoms with van der Waals surface area (Å²) < 4.78 is 8.93. The highest BCUT2D eigenvalue weighted by molar-refractivity contribution is 5.90. The van der Waals surface area contributed by atoms with E-state index < -0.39 is 47.8 Å². The first-order chi connectivity index (χ1) is 19.4. The third-order valence-corrected chi connectivity index (χ3v) is 6.29. The minimum Gasteiger partial charge on any atom is -0.482 e. The number of nitrogens with two attached hydrogens (primary N) is 2. The number of ether oxygens (including phenoxy) is 1. The second-order valence-electron chi connectivity index (χ2n) is 10.1. The average Bonchev–Trinajstić information content (AvgIpc) is 3.30. The van der Waals surface area contributed by atoms with Crippen molar-refractivity contribution >= 4 is 28.9 Å². The molecule has 14 nitrogen and oxygen atoms in total. The van der Waals surface area contributed by atoms with Crippen molar-refractivity contribution in [2.24, 2.45) is 17.4 Å². The van der Waals surface area contributed by atoms with E-state index in [9.17, 15) is 24.0 Å². The van der Waals surface area contributed by atoms with Crippen molar-refractivity contribution in [2.45, 2.75) is 72.3 Å². The fraction of sp³-hybridized carbons (Fsp3) is 0.481. The number of amides is 2. The van der Waals surface area contributed by atoms with Gasteiger partial charge in [0.2, 0.25) is 5.91 Å². The average molecular weight is 572 g/mol. The van der Waals surface area contributed by atoms with Gasteiger partial charge in [0.15, 0.2) is 23.9 Å². The highest BCUT2D eigenvalue weighted by Crippen LogP contribution is 2.28. The van der Waals surface area contributed by atoms with Gasteiger partial charge in [-0.05, 0) is 49.4 Å². The molecular weight excluding hydrogens is 534 g/mol. The number of aryl methyl sites for hydroxylation is 1. The quantitative estimate of drug-likeness (QED) is 0.215. The fourth-order valence-electron chi connectivity index (χ4n) is 4.54. The highest BCUT2D eigenvalue weighted by atomic mass is 16.5. The van der Waals surface area contributed by atoms with Crippen LogP contribution in [0.2, 0.25) is 0 Å². The molecule has 0 fully saturated rings. The number of aromatic nitrogens is 4. The number of hydrogen-bond acceptors (Lipinski definition) is 8.